The molecule has 0 saturated carbocycles. The lowest BCUT2D eigenvalue weighted by atomic mass is 10.1. The van der Waals surface area contributed by atoms with Crippen LogP contribution in [0.25, 0.3) is 0 Å². The second kappa shape index (κ2) is 2.84. The van der Waals surface area contributed by atoms with Crippen molar-refractivity contribution < 1.29 is 4.58 Å². The average molecular weight is 183 g/mol. The molecule has 0 aromatic heterocycles. The summed E-state index contributed by atoms with van der Waals surface area (Å²) in [6.07, 6.45) is 7.45. The molecule has 0 saturated heterocycles. The highest BCUT2D eigenvalue weighted by molar-refractivity contribution is 6.31. The Balaban J connectivity index is 2.32. The molecule has 2 aliphatic heterocycles. The van der Waals surface area contributed by atoms with Gasteiger partial charge in [0, 0.05) is 5.03 Å². The molecule has 3 nitrogen and oxygen atoms in total. The predicted octanol–water partition coefficient (Wildman–Crippen LogP) is 0.459. The first-order chi connectivity index (χ1) is 5.81. The number of allylic oxidation sites excluding steroid dienone is 2. The van der Waals surface area contributed by atoms with Crippen molar-refractivity contribution in [2.24, 2.45) is 10.7 Å². The number of nitrogens with two attached hydrogens (primary N) is 1. The van der Waals surface area contributed by atoms with Crippen molar-refractivity contribution >= 4 is 23.7 Å². The lowest BCUT2D eigenvalue weighted by Gasteiger charge is -2.09. The van der Waals surface area contributed by atoms with E-state index in [1.165, 1.54) is 0 Å². The van der Waals surface area contributed by atoms with Gasteiger partial charge in [-0.1, -0.05) is 16.6 Å². The van der Waals surface area contributed by atoms with Crippen LogP contribution in [0, 0.1) is 0 Å². The number of aliphatic imine (C=N–C) groups is 1. The fourth-order valence-corrected chi connectivity index (χ4v) is 1.49. The van der Waals surface area contributed by atoms with E-state index in [1.54, 1.807) is 6.34 Å². The standard InChI is InChI=1S/C8H9ClN3/c9-6-1-2-12-5-11-7(4-10)8(12)3-6/h1-3,5,8H,4,10H2/q+1. The first-order valence-corrected chi connectivity index (χ1v) is 4.12. The van der Waals surface area contributed by atoms with Crippen LogP contribution in [0.4, 0.5) is 0 Å². The average Bonchev–Trinajstić information content (AvgIpc) is 2.46. The molecule has 2 rings (SSSR count). The predicted molar refractivity (Wildman–Crippen MR) is 49.7 cm³/mol. The van der Waals surface area contributed by atoms with Crippen molar-refractivity contribution in [3.8, 4) is 0 Å². The van der Waals surface area contributed by atoms with Crippen LogP contribution in [0.1, 0.15) is 0 Å². The third-order valence-electron chi connectivity index (χ3n) is 1.95. The molecular formula is C8H9ClN3+. The molecule has 0 aromatic carbocycles. The van der Waals surface area contributed by atoms with Gasteiger partial charge in [0.05, 0.1) is 12.7 Å². The first kappa shape index (κ1) is 7.71. The summed E-state index contributed by atoms with van der Waals surface area (Å²) in [5.74, 6) is 0. The van der Waals surface area contributed by atoms with Gasteiger partial charge < -0.3 is 5.73 Å². The van der Waals surface area contributed by atoms with Gasteiger partial charge in [0.1, 0.15) is 0 Å². The van der Waals surface area contributed by atoms with Gasteiger partial charge in [0.15, 0.2) is 11.8 Å². The number of rotatable bonds is 1. The zero-order chi connectivity index (χ0) is 8.55. The Morgan fingerprint density at radius 1 is 1.67 bits per heavy atom. The quantitative estimate of drug-likeness (QED) is 0.589. The van der Waals surface area contributed by atoms with Crippen LogP contribution in [-0.2, 0) is 0 Å². The van der Waals surface area contributed by atoms with E-state index >= 15 is 0 Å². The second-order valence-electron chi connectivity index (χ2n) is 2.70. The minimum atomic E-state index is 0.146. The minimum absolute atomic E-state index is 0.146. The summed E-state index contributed by atoms with van der Waals surface area (Å²) in [5.41, 5.74) is 6.47. The van der Waals surface area contributed by atoms with E-state index in [-0.39, 0.29) is 6.04 Å². The highest BCUT2D eigenvalue weighted by atomic mass is 35.5. The molecule has 1 unspecified atom stereocenters. The van der Waals surface area contributed by atoms with Gasteiger partial charge in [-0.25, -0.2) is 4.58 Å². The van der Waals surface area contributed by atoms with Crippen molar-refractivity contribution in [3.05, 3.63) is 23.4 Å². The topological polar surface area (TPSA) is 41.4 Å². The van der Waals surface area contributed by atoms with Gasteiger partial charge in [0.25, 0.3) is 6.34 Å². The van der Waals surface area contributed by atoms with E-state index in [1.807, 2.05) is 22.9 Å². The van der Waals surface area contributed by atoms with Crippen molar-refractivity contribution in [2.45, 2.75) is 6.04 Å². The van der Waals surface area contributed by atoms with Crippen molar-refractivity contribution in [1.82, 2.24) is 0 Å². The lowest BCUT2D eigenvalue weighted by Crippen LogP contribution is -2.31. The molecule has 2 N–H and O–H groups in total. The van der Waals surface area contributed by atoms with E-state index in [2.05, 4.69) is 4.99 Å². The maximum atomic E-state index is 5.84. The van der Waals surface area contributed by atoms with E-state index in [0.29, 0.717) is 6.54 Å². The highest BCUT2D eigenvalue weighted by Crippen LogP contribution is 2.16. The highest BCUT2D eigenvalue weighted by Gasteiger charge is 2.29. The molecule has 2 aliphatic rings. The summed E-state index contributed by atoms with van der Waals surface area (Å²) in [4.78, 5) is 4.17. The largest absolute Gasteiger partial charge is 0.323 e. The summed E-state index contributed by atoms with van der Waals surface area (Å²) in [5, 5.41) is 0.743. The van der Waals surface area contributed by atoms with Gasteiger partial charge in [-0.3, -0.25) is 0 Å². The second-order valence-corrected chi connectivity index (χ2v) is 3.14. The van der Waals surface area contributed by atoms with Crippen LogP contribution >= 0.6 is 11.6 Å². The molecule has 0 amide bonds. The van der Waals surface area contributed by atoms with Gasteiger partial charge in [0.2, 0.25) is 0 Å². The molecule has 2 heterocycles. The van der Waals surface area contributed by atoms with E-state index < -0.39 is 0 Å². The van der Waals surface area contributed by atoms with Crippen LogP contribution < -0.4 is 5.73 Å². The lowest BCUT2D eigenvalue weighted by molar-refractivity contribution is -0.461. The van der Waals surface area contributed by atoms with E-state index in [0.717, 1.165) is 10.7 Å². The van der Waals surface area contributed by atoms with Crippen LogP contribution in [0.5, 0.6) is 0 Å². The molecule has 0 fully saturated rings. The Morgan fingerprint density at radius 3 is 3.25 bits per heavy atom. The number of fused-ring (bicyclic) bond motifs is 1. The van der Waals surface area contributed by atoms with Crippen LogP contribution in [-0.4, -0.2) is 29.2 Å². The van der Waals surface area contributed by atoms with E-state index in [4.69, 9.17) is 17.3 Å². The normalized spacial score (nSPS) is 26.2. The molecule has 0 aromatic rings. The van der Waals surface area contributed by atoms with Crippen LogP contribution in [0.15, 0.2) is 28.4 Å². The van der Waals surface area contributed by atoms with Gasteiger partial charge >= 0.3 is 0 Å². The molecular weight excluding hydrogens is 174 g/mol. The zero-order valence-electron chi connectivity index (χ0n) is 6.44. The van der Waals surface area contributed by atoms with E-state index in [9.17, 15) is 0 Å². The molecule has 0 radical (unpaired) electrons. The first-order valence-electron chi connectivity index (χ1n) is 3.74. The Morgan fingerprint density at radius 2 is 2.50 bits per heavy atom. The molecule has 1 atom stereocenters. The third kappa shape index (κ3) is 1.11. The zero-order valence-corrected chi connectivity index (χ0v) is 7.20. The third-order valence-corrected chi connectivity index (χ3v) is 2.20. The Labute approximate surface area is 75.5 Å². The maximum absolute atomic E-state index is 5.84. The molecule has 12 heavy (non-hydrogen) atoms. The van der Waals surface area contributed by atoms with Gasteiger partial charge in [-0.05, 0) is 12.2 Å². The van der Waals surface area contributed by atoms with Gasteiger partial charge in [-0.2, -0.15) is 0 Å². The fraction of sp³-hybridized carbons (Fsp3) is 0.250. The summed E-state index contributed by atoms with van der Waals surface area (Å²) < 4.78 is 1.98. The Kier molecular flexibility index (Phi) is 1.83. The van der Waals surface area contributed by atoms with Crippen molar-refractivity contribution in [2.75, 3.05) is 6.54 Å². The monoisotopic (exact) mass is 182 g/mol. The summed E-state index contributed by atoms with van der Waals surface area (Å²) in [6.45, 7) is 0.478. The molecule has 0 aliphatic carbocycles. The maximum Gasteiger partial charge on any atom is 0.287 e. The number of hydrogen-bond donors (Lipinski definition) is 1. The molecule has 0 spiro atoms. The Bertz CT molecular complexity index is 325. The summed E-state index contributed by atoms with van der Waals surface area (Å²) in [6, 6.07) is 0.146. The SMILES string of the molecule is NCC1=NC=[N+]2C=CC(Cl)=CC12. The number of nitrogens with zero attached hydrogens (tertiary/aromatic N) is 2. The van der Waals surface area contributed by atoms with Crippen molar-refractivity contribution in [3.63, 3.8) is 0 Å². The number of hydrogen-bond acceptors (Lipinski definition) is 2. The summed E-state index contributed by atoms with van der Waals surface area (Å²) >= 11 is 5.84. The minimum Gasteiger partial charge on any atom is -0.323 e. The van der Waals surface area contributed by atoms with Crippen LogP contribution in [0.2, 0.25) is 0 Å². The van der Waals surface area contributed by atoms with Gasteiger partial charge in [-0.15, -0.1) is 0 Å². The fourth-order valence-electron chi connectivity index (χ4n) is 1.31. The number of halogens is 1. The smallest absolute Gasteiger partial charge is 0.287 e. The molecule has 62 valence electrons. The van der Waals surface area contributed by atoms with Crippen molar-refractivity contribution in [1.29, 1.82) is 0 Å². The molecule has 4 heteroatoms. The van der Waals surface area contributed by atoms with Crippen LogP contribution in [0.3, 0.4) is 0 Å². The molecule has 0 bridgehead atoms. The summed E-state index contributed by atoms with van der Waals surface area (Å²) in [7, 11) is 0. The Hall–Kier alpha value is -0.930.